The molecule has 10 heteroatoms. The van der Waals surface area contributed by atoms with E-state index in [1.807, 2.05) is 35.9 Å². The first-order chi connectivity index (χ1) is 17.3. The number of fused-ring (bicyclic) bond motifs is 1. The van der Waals surface area contributed by atoms with Crippen LogP contribution in [0.25, 0.3) is 23.7 Å². The Labute approximate surface area is 208 Å². The molecule has 0 bridgehead atoms. The second kappa shape index (κ2) is 11.1. The molecule has 4 N–H and O–H groups in total. The predicted molar refractivity (Wildman–Crippen MR) is 137 cm³/mol. The van der Waals surface area contributed by atoms with Crippen molar-refractivity contribution in [2.75, 3.05) is 24.2 Å². The molecule has 0 aromatic carbocycles. The molecule has 8 nitrogen and oxygen atoms in total. The van der Waals surface area contributed by atoms with Crippen LogP contribution >= 0.6 is 0 Å². The lowest BCUT2D eigenvalue weighted by Gasteiger charge is -2.19. The minimum Gasteiger partial charge on any atom is -0.390 e. The van der Waals surface area contributed by atoms with Crippen LogP contribution in [0, 0.1) is 5.92 Å². The van der Waals surface area contributed by atoms with Crippen LogP contribution in [0.3, 0.4) is 0 Å². The number of aliphatic hydroxyl groups is 2. The summed E-state index contributed by atoms with van der Waals surface area (Å²) in [6, 6.07) is 5.09. The van der Waals surface area contributed by atoms with Gasteiger partial charge in [0, 0.05) is 13.2 Å². The van der Waals surface area contributed by atoms with Crippen molar-refractivity contribution in [1.82, 2.24) is 19.5 Å². The fraction of sp³-hybridized carbons (Fsp3) is 0.423. The zero-order chi connectivity index (χ0) is 25.8. The first-order valence-electron chi connectivity index (χ1n) is 12.0. The Morgan fingerprint density at radius 2 is 2.06 bits per heavy atom. The molecule has 3 aromatic heterocycles. The van der Waals surface area contributed by atoms with E-state index in [2.05, 4.69) is 32.2 Å². The lowest BCUT2D eigenvalue weighted by atomic mass is 9.96. The van der Waals surface area contributed by atoms with Gasteiger partial charge in [-0.25, -0.2) is 23.7 Å². The van der Waals surface area contributed by atoms with Crippen molar-refractivity contribution in [2.24, 2.45) is 5.92 Å². The SMILES string of the molecule is C=c1nc(NCC(F)F)cc/c1=C/C=C(\C)CC[C@H]1C[C@@H](n2ccc3c(NC)ncnc32)[C@H](O)[C@@H]1O. The third-order valence-corrected chi connectivity index (χ3v) is 6.78. The highest BCUT2D eigenvalue weighted by Gasteiger charge is 2.42. The van der Waals surface area contributed by atoms with Crippen LogP contribution in [-0.2, 0) is 0 Å². The molecule has 1 fully saturated rings. The van der Waals surface area contributed by atoms with Gasteiger partial charge < -0.3 is 25.4 Å². The normalized spacial score (nSPS) is 23.1. The third kappa shape index (κ3) is 5.55. The van der Waals surface area contributed by atoms with Gasteiger partial charge in [0.1, 0.15) is 29.7 Å². The minimum absolute atomic E-state index is 0.0540. The molecule has 0 spiro atoms. The summed E-state index contributed by atoms with van der Waals surface area (Å²) >= 11 is 0. The van der Waals surface area contributed by atoms with Crippen LogP contribution in [0.1, 0.15) is 32.2 Å². The molecule has 3 heterocycles. The molecule has 1 aliphatic carbocycles. The average Bonchev–Trinajstić information content (AvgIpc) is 3.41. The van der Waals surface area contributed by atoms with Crippen molar-refractivity contribution < 1.29 is 19.0 Å². The Kier molecular flexibility index (Phi) is 7.95. The van der Waals surface area contributed by atoms with E-state index in [-0.39, 0.29) is 12.0 Å². The van der Waals surface area contributed by atoms with Crippen LogP contribution in [0.5, 0.6) is 0 Å². The Morgan fingerprint density at radius 3 is 2.78 bits per heavy atom. The van der Waals surface area contributed by atoms with Crippen molar-refractivity contribution in [1.29, 1.82) is 0 Å². The third-order valence-electron chi connectivity index (χ3n) is 6.78. The number of rotatable bonds is 9. The molecular formula is C26H32F2N6O2. The van der Waals surface area contributed by atoms with Crippen molar-refractivity contribution in [3.8, 4) is 0 Å². The highest BCUT2D eigenvalue weighted by Crippen LogP contribution is 2.40. The van der Waals surface area contributed by atoms with E-state index in [0.29, 0.717) is 17.6 Å². The summed E-state index contributed by atoms with van der Waals surface area (Å²) in [5.74, 6) is 1.03. The predicted octanol–water partition coefficient (Wildman–Crippen LogP) is 2.45. The standard InChI is InChI=1S/C26H32F2N6O2/c1-15(4-6-17-8-9-22(33-16(17)2)30-13-21(27)28)5-7-18-12-20(24(36)23(18)35)34-11-10-19-25(29-3)31-14-32-26(19)34/h4,6,8-11,14,18,20-21,23-24,35-36H,2,5,7,12-13H2,1,3H3,(H,30,33)(H,29,31,32)/b15-4+,17-6-/t18-,20+,23+,24-/m0/s1. The van der Waals surface area contributed by atoms with Crippen molar-refractivity contribution in [2.45, 2.75) is 50.9 Å². The second-order valence-corrected chi connectivity index (χ2v) is 9.20. The van der Waals surface area contributed by atoms with Crippen molar-refractivity contribution in [3.05, 3.63) is 52.9 Å². The maximum atomic E-state index is 12.4. The lowest BCUT2D eigenvalue weighted by Crippen LogP contribution is -2.29. The molecule has 1 aliphatic rings. The second-order valence-electron chi connectivity index (χ2n) is 9.20. The number of aromatic nitrogens is 4. The van der Waals surface area contributed by atoms with Gasteiger partial charge in [-0.2, -0.15) is 0 Å². The number of hydrogen-bond donors (Lipinski definition) is 4. The summed E-state index contributed by atoms with van der Waals surface area (Å²) in [4.78, 5) is 12.8. The number of nitrogens with one attached hydrogen (secondary N) is 2. The van der Waals surface area contributed by atoms with Crippen LogP contribution in [0.2, 0.25) is 0 Å². The molecule has 0 unspecified atom stereocenters. The topological polar surface area (TPSA) is 108 Å². The van der Waals surface area contributed by atoms with E-state index < -0.39 is 25.2 Å². The number of halogens is 2. The van der Waals surface area contributed by atoms with Crippen molar-refractivity contribution in [3.63, 3.8) is 0 Å². The molecule has 0 radical (unpaired) electrons. The van der Waals surface area contributed by atoms with Gasteiger partial charge in [-0.1, -0.05) is 24.3 Å². The molecule has 36 heavy (non-hydrogen) atoms. The number of alkyl halides is 2. The first kappa shape index (κ1) is 25.7. The van der Waals surface area contributed by atoms with E-state index in [9.17, 15) is 19.0 Å². The van der Waals surface area contributed by atoms with Crippen LogP contribution in [-0.4, -0.2) is 62.0 Å². The van der Waals surface area contributed by atoms with E-state index in [4.69, 9.17) is 0 Å². The number of hydrogen-bond acceptors (Lipinski definition) is 7. The quantitative estimate of drug-likeness (QED) is 0.359. The van der Waals surface area contributed by atoms with Crippen LogP contribution < -0.4 is 21.2 Å². The first-order valence-corrected chi connectivity index (χ1v) is 12.0. The van der Waals surface area contributed by atoms with Gasteiger partial charge in [0.05, 0.1) is 29.4 Å². The van der Waals surface area contributed by atoms with E-state index in [0.717, 1.165) is 40.5 Å². The number of nitrogens with zero attached hydrogens (tertiary/aromatic N) is 4. The van der Waals surface area contributed by atoms with E-state index in [1.54, 1.807) is 19.2 Å². The fourth-order valence-electron chi connectivity index (χ4n) is 4.77. The summed E-state index contributed by atoms with van der Waals surface area (Å²) in [5.41, 5.74) is 1.84. The van der Waals surface area contributed by atoms with Gasteiger partial charge in [0.25, 0.3) is 6.43 Å². The van der Waals surface area contributed by atoms with Gasteiger partial charge in [-0.3, -0.25) is 0 Å². The van der Waals surface area contributed by atoms with Gasteiger partial charge in [0.15, 0.2) is 0 Å². The average molecular weight is 499 g/mol. The Balaban J connectivity index is 1.41. The summed E-state index contributed by atoms with van der Waals surface area (Å²) in [6.07, 6.45) is 5.23. The van der Waals surface area contributed by atoms with E-state index >= 15 is 0 Å². The number of anilines is 2. The smallest absolute Gasteiger partial charge is 0.255 e. The lowest BCUT2D eigenvalue weighted by molar-refractivity contribution is 0.00546. The molecule has 4 rings (SSSR count). The largest absolute Gasteiger partial charge is 0.390 e. The molecule has 1 saturated carbocycles. The minimum atomic E-state index is -2.45. The number of aliphatic hydroxyl groups excluding tert-OH is 2. The van der Waals surface area contributed by atoms with Gasteiger partial charge >= 0.3 is 0 Å². The summed E-state index contributed by atoms with van der Waals surface area (Å²) in [5, 5.41) is 29.4. The van der Waals surface area contributed by atoms with Crippen molar-refractivity contribution >= 4 is 35.3 Å². The number of allylic oxidation sites excluding steroid dienone is 2. The fourth-order valence-corrected chi connectivity index (χ4v) is 4.77. The van der Waals surface area contributed by atoms with Gasteiger partial charge in [-0.05, 0) is 55.5 Å². The van der Waals surface area contributed by atoms with E-state index in [1.165, 1.54) is 6.33 Å². The van der Waals surface area contributed by atoms with Gasteiger partial charge in [0.2, 0.25) is 0 Å². The molecule has 0 amide bonds. The van der Waals surface area contributed by atoms with Crippen LogP contribution in [0.4, 0.5) is 20.4 Å². The Hall–Kier alpha value is -3.37. The zero-order valence-electron chi connectivity index (χ0n) is 20.4. The molecule has 0 saturated heterocycles. The molecule has 0 aliphatic heterocycles. The highest BCUT2D eigenvalue weighted by atomic mass is 19.3. The summed E-state index contributed by atoms with van der Waals surface area (Å²) in [7, 11) is 1.80. The summed E-state index contributed by atoms with van der Waals surface area (Å²) in [6.45, 7) is 5.46. The van der Waals surface area contributed by atoms with Gasteiger partial charge in [-0.15, -0.1) is 0 Å². The number of pyridine rings is 1. The molecular weight excluding hydrogens is 466 g/mol. The Bertz CT molecular complexity index is 1340. The molecule has 3 aromatic rings. The molecule has 192 valence electrons. The van der Waals surface area contributed by atoms with Crippen LogP contribution in [0.15, 0.2) is 42.4 Å². The zero-order valence-corrected chi connectivity index (χ0v) is 20.4. The highest BCUT2D eigenvalue weighted by molar-refractivity contribution is 5.87. The maximum absolute atomic E-state index is 12.4. The Morgan fingerprint density at radius 1 is 1.25 bits per heavy atom. The summed E-state index contributed by atoms with van der Waals surface area (Å²) < 4.78 is 26.7. The monoisotopic (exact) mass is 498 g/mol. The molecule has 4 atom stereocenters. The maximum Gasteiger partial charge on any atom is 0.255 e.